The van der Waals surface area contributed by atoms with Crippen LogP contribution in [-0.2, 0) is 21.2 Å². The highest BCUT2D eigenvalue weighted by Crippen LogP contribution is 2.28. The second-order valence-electron chi connectivity index (χ2n) is 10.5. The van der Waals surface area contributed by atoms with Gasteiger partial charge in [0, 0.05) is 6.54 Å². The van der Waals surface area contributed by atoms with E-state index in [1.807, 2.05) is 39.0 Å². The first-order valence-corrected chi connectivity index (χ1v) is 15.5. The first-order valence-electron chi connectivity index (χ1n) is 14.1. The largest absolute Gasteiger partial charge is 0.493 e. The van der Waals surface area contributed by atoms with Gasteiger partial charge in [-0.2, -0.15) is 0 Å². The van der Waals surface area contributed by atoms with Crippen molar-refractivity contribution >= 4 is 33.2 Å². The summed E-state index contributed by atoms with van der Waals surface area (Å²) in [5, 5.41) is 5.64. The Morgan fingerprint density at radius 3 is 2.09 bits per heavy atom. The summed E-state index contributed by atoms with van der Waals surface area (Å²) in [5.74, 6) is 0.251. The molecule has 2 amide bonds. The predicted molar refractivity (Wildman–Crippen MR) is 172 cm³/mol. The number of sulfonamides is 1. The molecule has 0 unspecified atom stereocenters. The van der Waals surface area contributed by atoms with E-state index >= 15 is 0 Å². The summed E-state index contributed by atoms with van der Waals surface area (Å²) < 4.78 is 39.3. The summed E-state index contributed by atoms with van der Waals surface area (Å²) in [6.07, 6.45) is 0.544. The lowest BCUT2D eigenvalue weighted by molar-refractivity contribution is -0.114. The maximum absolute atomic E-state index is 13.8. The van der Waals surface area contributed by atoms with E-state index in [0.717, 1.165) is 26.6 Å². The maximum Gasteiger partial charge on any atom is 0.264 e. The number of hydrogen-bond acceptors (Lipinski definition) is 6. The molecular weight excluding hydrogens is 578 g/mol. The van der Waals surface area contributed by atoms with Crippen LogP contribution in [0.5, 0.6) is 11.5 Å². The van der Waals surface area contributed by atoms with Crippen molar-refractivity contribution in [1.82, 2.24) is 5.32 Å². The van der Waals surface area contributed by atoms with E-state index in [-0.39, 0.29) is 22.1 Å². The Kier molecular flexibility index (Phi) is 10.3. The van der Waals surface area contributed by atoms with Crippen molar-refractivity contribution in [3.63, 3.8) is 0 Å². The van der Waals surface area contributed by atoms with Gasteiger partial charge in [-0.15, -0.1) is 0 Å². The van der Waals surface area contributed by atoms with E-state index in [0.29, 0.717) is 30.2 Å². The number of benzene rings is 4. The monoisotopic (exact) mass is 615 g/mol. The smallest absolute Gasteiger partial charge is 0.264 e. The van der Waals surface area contributed by atoms with Gasteiger partial charge in [-0.05, 0) is 92.4 Å². The molecule has 0 aliphatic carbocycles. The second kappa shape index (κ2) is 14.1. The zero-order valence-corrected chi connectivity index (χ0v) is 26.3. The molecule has 0 heterocycles. The average molecular weight is 616 g/mol. The summed E-state index contributed by atoms with van der Waals surface area (Å²) in [6, 6.07) is 24.0. The number of aryl methyl sites for hydroxylation is 3. The molecule has 0 atom stereocenters. The molecule has 0 fully saturated rings. The van der Waals surface area contributed by atoms with Crippen LogP contribution in [0.4, 0.5) is 11.4 Å². The molecule has 4 aromatic carbocycles. The Bertz CT molecular complexity index is 1730. The van der Waals surface area contributed by atoms with Gasteiger partial charge in [0.1, 0.15) is 6.54 Å². The molecular formula is C34H37N3O6S. The van der Waals surface area contributed by atoms with Crippen molar-refractivity contribution in [2.75, 3.05) is 36.9 Å². The minimum atomic E-state index is -4.09. The normalized spacial score (nSPS) is 11.0. The third-order valence-corrected chi connectivity index (χ3v) is 8.77. The lowest BCUT2D eigenvalue weighted by atomic mass is 10.1. The van der Waals surface area contributed by atoms with Gasteiger partial charge >= 0.3 is 0 Å². The molecule has 0 aliphatic heterocycles. The van der Waals surface area contributed by atoms with Crippen molar-refractivity contribution in [2.45, 2.75) is 32.1 Å². The molecule has 0 aromatic heterocycles. The number of hydrogen-bond donors (Lipinski definition) is 2. The van der Waals surface area contributed by atoms with Crippen molar-refractivity contribution in [3.8, 4) is 11.5 Å². The van der Waals surface area contributed by atoms with Crippen LogP contribution in [0.1, 0.15) is 32.6 Å². The fourth-order valence-corrected chi connectivity index (χ4v) is 6.21. The Hall–Kier alpha value is -4.83. The van der Waals surface area contributed by atoms with E-state index in [2.05, 4.69) is 10.6 Å². The van der Waals surface area contributed by atoms with Crippen LogP contribution in [0, 0.1) is 20.8 Å². The van der Waals surface area contributed by atoms with E-state index in [4.69, 9.17) is 9.47 Å². The number of anilines is 2. The Morgan fingerprint density at radius 2 is 1.43 bits per heavy atom. The summed E-state index contributed by atoms with van der Waals surface area (Å²) in [4.78, 5) is 26.6. The van der Waals surface area contributed by atoms with Crippen molar-refractivity contribution in [3.05, 3.63) is 113 Å². The minimum Gasteiger partial charge on any atom is -0.493 e. The van der Waals surface area contributed by atoms with Gasteiger partial charge in [0.05, 0.1) is 36.1 Å². The van der Waals surface area contributed by atoms with Crippen molar-refractivity contribution in [1.29, 1.82) is 0 Å². The lowest BCUT2D eigenvalue weighted by Gasteiger charge is -2.25. The summed E-state index contributed by atoms with van der Waals surface area (Å²) >= 11 is 0. The third-order valence-electron chi connectivity index (χ3n) is 6.98. The molecule has 0 spiro atoms. The summed E-state index contributed by atoms with van der Waals surface area (Å²) in [7, 11) is -0.959. The van der Waals surface area contributed by atoms with E-state index < -0.39 is 22.5 Å². The van der Waals surface area contributed by atoms with Gasteiger partial charge < -0.3 is 20.1 Å². The Labute approximate surface area is 258 Å². The Morgan fingerprint density at radius 1 is 0.773 bits per heavy atom. The quantitative estimate of drug-likeness (QED) is 0.220. The highest BCUT2D eigenvalue weighted by molar-refractivity contribution is 7.92. The number of methoxy groups -OCH3 is 2. The molecule has 4 rings (SSSR count). The van der Waals surface area contributed by atoms with Gasteiger partial charge in [-0.3, -0.25) is 13.9 Å². The van der Waals surface area contributed by atoms with Gasteiger partial charge in [-0.1, -0.05) is 42.0 Å². The van der Waals surface area contributed by atoms with Gasteiger partial charge in [-0.25, -0.2) is 8.42 Å². The fraction of sp³-hybridized carbons (Fsp3) is 0.235. The SMILES string of the molecule is COc1ccc(CCNC(=O)c2ccccc2NC(=O)CN(c2cc(C)cc(C)c2)S(=O)(=O)c2ccc(C)cc2)cc1OC. The number of nitrogens with one attached hydrogen (secondary N) is 2. The zero-order valence-electron chi connectivity index (χ0n) is 25.5. The maximum atomic E-state index is 13.8. The molecule has 0 radical (unpaired) electrons. The minimum absolute atomic E-state index is 0.0734. The third kappa shape index (κ3) is 7.76. The summed E-state index contributed by atoms with van der Waals surface area (Å²) in [5.41, 5.74) is 4.49. The first kappa shape index (κ1) is 32.1. The number of rotatable bonds is 12. The number of para-hydroxylation sites is 1. The van der Waals surface area contributed by atoms with E-state index in [1.165, 1.54) is 12.1 Å². The number of carbonyl (C=O) groups excluding carboxylic acids is 2. The van der Waals surface area contributed by atoms with Gasteiger partial charge in [0.2, 0.25) is 5.91 Å². The topological polar surface area (TPSA) is 114 Å². The first-order chi connectivity index (χ1) is 21.0. The van der Waals surface area contributed by atoms with Gasteiger partial charge in [0.15, 0.2) is 11.5 Å². The van der Waals surface area contributed by atoms with Crippen LogP contribution < -0.4 is 24.4 Å². The second-order valence-corrected chi connectivity index (χ2v) is 12.3. The molecule has 10 heteroatoms. The van der Waals surface area contributed by atoms with Crippen LogP contribution >= 0.6 is 0 Å². The molecule has 0 bridgehead atoms. The van der Waals surface area contributed by atoms with Crippen LogP contribution in [0.2, 0.25) is 0 Å². The average Bonchev–Trinajstić information content (AvgIpc) is 2.99. The standard InChI is InChI=1S/C34H37N3O6S/c1-23-10-13-28(14-11-23)44(40,41)37(27-19-24(2)18-25(3)20-27)22-33(38)36-30-9-7-6-8-29(30)34(39)35-17-16-26-12-15-31(42-4)32(21-26)43-5/h6-15,18-21H,16-17,22H2,1-5H3,(H,35,39)(H,36,38). The molecule has 0 aliphatic rings. The molecule has 44 heavy (non-hydrogen) atoms. The molecule has 4 aromatic rings. The van der Waals surface area contributed by atoms with Crippen LogP contribution in [-0.4, -0.2) is 47.5 Å². The van der Waals surface area contributed by atoms with Crippen molar-refractivity contribution in [2.24, 2.45) is 0 Å². The Balaban J connectivity index is 1.51. The number of ether oxygens (including phenoxy) is 2. The van der Waals surface area contributed by atoms with Crippen LogP contribution in [0.15, 0.2) is 89.8 Å². The molecule has 2 N–H and O–H groups in total. The fourth-order valence-electron chi connectivity index (χ4n) is 4.81. The zero-order chi connectivity index (χ0) is 31.9. The summed E-state index contributed by atoms with van der Waals surface area (Å²) in [6.45, 7) is 5.45. The van der Waals surface area contributed by atoms with Gasteiger partial charge in [0.25, 0.3) is 15.9 Å². The molecule has 0 saturated carbocycles. The van der Waals surface area contributed by atoms with E-state index in [1.54, 1.807) is 68.8 Å². The molecule has 0 saturated heterocycles. The van der Waals surface area contributed by atoms with Crippen LogP contribution in [0.3, 0.4) is 0 Å². The van der Waals surface area contributed by atoms with Crippen molar-refractivity contribution < 1.29 is 27.5 Å². The number of carbonyl (C=O) groups is 2. The molecule has 9 nitrogen and oxygen atoms in total. The van der Waals surface area contributed by atoms with Crippen LogP contribution in [0.25, 0.3) is 0 Å². The lowest BCUT2D eigenvalue weighted by Crippen LogP contribution is -2.38. The number of nitrogens with zero attached hydrogens (tertiary/aromatic N) is 1. The highest BCUT2D eigenvalue weighted by Gasteiger charge is 2.28. The molecule has 230 valence electrons. The predicted octanol–water partition coefficient (Wildman–Crippen LogP) is 5.44. The van der Waals surface area contributed by atoms with E-state index in [9.17, 15) is 18.0 Å². The number of amides is 2. The highest BCUT2D eigenvalue weighted by atomic mass is 32.2.